The molecule has 0 unspecified atom stereocenters. The summed E-state index contributed by atoms with van der Waals surface area (Å²) in [5.41, 5.74) is 12.0. The Balaban J connectivity index is 2.01. The molecule has 4 rings (SSSR count). The average Bonchev–Trinajstić information content (AvgIpc) is 3.26. The Hall–Kier alpha value is -3.81. The van der Waals surface area contributed by atoms with E-state index in [0.717, 1.165) is 32.4 Å². The van der Waals surface area contributed by atoms with Gasteiger partial charge in [0.2, 0.25) is 0 Å². The molecule has 8 heteroatoms. The number of rotatable bonds is 5. The van der Waals surface area contributed by atoms with Crippen molar-refractivity contribution >= 4 is 22.9 Å². The van der Waals surface area contributed by atoms with Crippen molar-refractivity contribution in [2.45, 2.75) is 40.8 Å². The Kier molecular flexibility index (Phi) is 5.61. The minimum atomic E-state index is -0.631. The topological polar surface area (TPSA) is 97.1 Å². The van der Waals surface area contributed by atoms with E-state index in [1.54, 1.807) is 16.1 Å². The first-order chi connectivity index (χ1) is 15.4. The van der Waals surface area contributed by atoms with Crippen LogP contribution in [0.25, 0.3) is 33.4 Å². The van der Waals surface area contributed by atoms with Crippen molar-refractivity contribution in [3.63, 3.8) is 0 Å². The number of fused-ring (bicyclic) bond motifs is 1. The third kappa shape index (κ3) is 3.37. The number of ether oxygens (including phenoxy) is 1. The Morgan fingerprint density at radius 3 is 2.38 bits per heavy atom. The molecule has 0 amide bonds. The van der Waals surface area contributed by atoms with Crippen LogP contribution in [0.3, 0.4) is 0 Å². The highest BCUT2D eigenvalue weighted by molar-refractivity contribution is 5.95. The van der Waals surface area contributed by atoms with Crippen molar-refractivity contribution in [2.75, 3.05) is 12.3 Å². The molecule has 0 aliphatic heterocycles. The quantitative estimate of drug-likeness (QED) is 0.507. The molecular weight excluding hydrogens is 406 g/mol. The van der Waals surface area contributed by atoms with E-state index in [-0.39, 0.29) is 18.1 Å². The van der Waals surface area contributed by atoms with Crippen molar-refractivity contribution in [3.05, 3.63) is 58.5 Å². The fourth-order valence-electron chi connectivity index (χ4n) is 4.12. The van der Waals surface area contributed by atoms with Crippen molar-refractivity contribution in [1.29, 1.82) is 0 Å². The first kappa shape index (κ1) is 21.4. The zero-order valence-corrected chi connectivity index (χ0v) is 18.8. The van der Waals surface area contributed by atoms with Crippen LogP contribution in [-0.2, 0) is 17.8 Å². The van der Waals surface area contributed by atoms with Gasteiger partial charge in [-0.15, -0.1) is 4.68 Å². The lowest BCUT2D eigenvalue weighted by molar-refractivity contribution is 0.151. The summed E-state index contributed by atoms with van der Waals surface area (Å²) in [6.07, 6.45) is -0.631. The largest absolute Gasteiger partial charge is 0.448 e. The third-order valence-corrected chi connectivity index (χ3v) is 5.59. The molecular formula is C24H27N5O3. The van der Waals surface area contributed by atoms with Gasteiger partial charge in [-0.25, -0.2) is 9.59 Å². The summed E-state index contributed by atoms with van der Waals surface area (Å²) in [4.78, 5) is 25.3. The molecule has 0 aliphatic rings. The van der Waals surface area contributed by atoms with E-state index in [1.807, 2.05) is 63.2 Å². The van der Waals surface area contributed by atoms with Crippen LogP contribution in [0.5, 0.6) is 0 Å². The van der Waals surface area contributed by atoms with Gasteiger partial charge in [-0.3, -0.25) is 9.13 Å². The average molecular weight is 434 g/mol. The highest BCUT2D eigenvalue weighted by Gasteiger charge is 2.24. The number of hydrogen-bond donors (Lipinski definition) is 1. The van der Waals surface area contributed by atoms with Crippen LogP contribution in [0.15, 0.2) is 47.3 Å². The lowest BCUT2D eigenvalue weighted by atomic mass is 9.99. The van der Waals surface area contributed by atoms with Gasteiger partial charge in [0.25, 0.3) is 0 Å². The number of anilines is 1. The second-order valence-electron chi connectivity index (χ2n) is 7.56. The molecule has 0 saturated heterocycles. The number of imidazole rings is 1. The highest BCUT2D eigenvalue weighted by atomic mass is 16.6. The predicted octanol–water partition coefficient (Wildman–Crippen LogP) is 4.27. The van der Waals surface area contributed by atoms with E-state index >= 15 is 0 Å². The standard InChI is InChI=1S/C24H27N5O3/c1-5-27-18-12-11-16(14-19(18)28(6-2)23(27)30)20-21(17-10-8-9-15(4)13-17)26-29(22(20)25)24(31)32-7-3/h8-14H,5-7,25H2,1-4H3. The van der Waals surface area contributed by atoms with Crippen LogP contribution in [0.2, 0.25) is 0 Å². The molecule has 4 aromatic rings. The van der Waals surface area contributed by atoms with Crippen LogP contribution in [0, 0.1) is 6.92 Å². The van der Waals surface area contributed by atoms with E-state index in [9.17, 15) is 9.59 Å². The number of nitrogens with two attached hydrogens (primary N) is 1. The number of aromatic nitrogens is 4. The molecule has 2 heterocycles. The van der Waals surface area contributed by atoms with Gasteiger partial charge in [0.05, 0.1) is 23.2 Å². The van der Waals surface area contributed by atoms with E-state index < -0.39 is 6.09 Å². The first-order valence-corrected chi connectivity index (χ1v) is 10.8. The smallest absolute Gasteiger partial charge is 0.436 e. The molecule has 32 heavy (non-hydrogen) atoms. The van der Waals surface area contributed by atoms with Gasteiger partial charge >= 0.3 is 11.8 Å². The van der Waals surface area contributed by atoms with Crippen molar-refractivity contribution < 1.29 is 9.53 Å². The van der Waals surface area contributed by atoms with Gasteiger partial charge in [0.1, 0.15) is 11.5 Å². The number of aryl methyl sites for hydroxylation is 3. The van der Waals surface area contributed by atoms with Gasteiger partial charge in [0, 0.05) is 18.7 Å². The molecule has 0 atom stereocenters. The lowest BCUT2D eigenvalue weighted by Gasteiger charge is -2.07. The van der Waals surface area contributed by atoms with Gasteiger partial charge < -0.3 is 10.5 Å². The maximum atomic E-state index is 12.8. The molecule has 0 radical (unpaired) electrons. The summed E-state index contributed by atoms with van der Waals surface area (Å²) >= 11 is 0. The van der Waals surface area contributed by atoms with Crippen LogP contribution in [0.4, 0.5) is 10.6 Å². The summed E-state index contributed by atoms with van der Waals surface area (Å²) in [6.45, 7) is 8.97. The van der Waals surface area contributed by atoms with Crippen LogP contribution in [-0.4, -0.2) is 31.6 Å². The van der Waals surface area contributed by atoms with Gasteiger partial charge in [-0.05, 0) is 51.5 Å². The Bertz CT molecular complexity index is 1380. The minimum Gasteiger partial charge on any atom is -0.448 e. The first-order valence-electron chi connectivity index (χ1n) is 10.8. The number of carbonyl (C=O) groups is 1. The van der Waals surface area contributed by atoms with E-state index in [2.05, 4.69) is 5.10 Å². The van der Waals surface area contributed by atoms with E-state index in [0.29, 0.717) is 24.3 Å². The number of nitrogen functional groups attached to an aromatic ring is 1. The van der Waals surface area contributed by atoms with Crippen molar-refractivity contribution in [1.82, 2.24) is 18.9 Å². The fourth-order valence-corrected chi connectivity index (χ4v) is 4.12. The zero-order chi connectivity index (χ0) is 23.0. The highest BCUT2D eigenvalue weighted by Crippen LogP contribution is 2.37. The normalized spacial score (nSPS) is 11.2. The number of carbonyl (C=O) groups excluding carboxylic acids is 1. The lowest BCUT2D eigenvalue weighted by Crippen LogP contribution is -2.23. The summed E-state index contributed by atoms with van der Waals surface area (Å²) in [7, 11) is 0. The van der Waals surface area contributed by atoms with E-state index in [4.69, 9.17) is 10.5 Å². The Morgan fingerprint density at radius 2 is 1.72 bits per heavy atom. The van der Waals surface area contributed by atoms with Gasteiger partial charge in [-0.1, -0.05) is 29.8 Å². The Morgan fingerprint density at radius 1 is 1.00 bits per heavy atom. The molecule has 2 aromatic carbocycles. The van der Waals surface area contributed by atoms with Gasteiger partial charge in [0.15, 0.2) is 0 Å². The maximum Gasteiger partial charge on any atom is 0.436 e. The number of hydrogen-bond acceptors (Lipinski definition) is 5. The number of benzene rings is 2. The van der Waals surface area contributed by atoms with Crippen molar-refractivity contribution in [3.8, 4) is 22.4 Å². The monoisotopic (exact) mass is 433 g/mol. The van der Waals surface area contributed by atoms with Crippen LogP contribution in [0.1, 0.15) is 26.3 Å². The molecule has 8 nitrogen and oxygen atoms in total. The predicted molar refractivity (Wildman–Crippen MR) is 126 cm³/mol. The molecule has 0 fully saturated rings. The molecule has 2 N–H and O–H groups in total. The summed E-state index contributed by atoms with van der Waals surface area (Å²) < 4.78 is 9.73. The second-order valence-corrected chi connectivity index (χ2v) is 7.56. The third-order valence-electron chi connectivity index (χ3n) is 5.59. The molecule has 2 aromatic heterocycles. The van der Waals surface area contributed by atoms with Crippen LogP contribution >= 0.6 is 0 Å². The molecule has 0 bridgehead atoms. The fraction of sp³-hybridized carbons (Fsp3) is 0.292. The summed E-state index contributed by atoms with van der Waals surface area (Å²) in [5, 5.41) is 4.52. The second kappa shape index (κ2) is 8.37. The van der Waals surface area contributed by atoms with Crippen molar-refractivity contribution in [2.24, 2.45) is 0 Å². The molecule has 0 spiro atoms. The summed E-state index contributed by atoms with van der Waals surface area (Å²) in [5.74, 6) is 0.194. The molecule has 166 valence electrons. The minimum absolute atomic E-state index is 0.0451. The number of nitrogens with zero attached hydrogens (tertiary/aromatic N) is 4. The van der Waals surface area contributed by atoms with E-state index in [1.165, 1.54) is 0 Å². The molecule has 0 saturated carbocycles. The summed E-state index contributed by atoms with van der Waals surface area (Å²) in [6, 6.07) is 13.6. The zero-order valence-electron chi connectivity index (χ0n) is 18.8. The van der Waals surface area contributed by atoms with Crippen LogP contribution < -0.4 is 11.4 Å². The van der Waals surface area contributed by atoms with Gasteiger partial charge in [-0.2, -0.15) is 5.10 Å². The SMILES string of the molecule is CCOC(=O)n1nc(-c2cccc(C)c2)c(-c2ccc3c(c2)n(CC)c(=O)n3CC)c1N. The molecule has 0 aliphatic carbocycles. The Labute approximate surface area is 185 Å². The maximum absolute atomic E-state index is 12.8.